The van der Waals surface area contributed by atoms with E-state index in [1.165, 1.54) is 19.3 Å². The van der Waals surface area contributed by atoms with E-state index in [0.717, 1.165) is 18.2 Å². The van der Waals surface area contributed by atoms with Gasteiger partial charge in [0.05, 0.1) is 0 Å². The minimum Gasteiger partial charge on any atom is -0.352 e. The first-order valence-corrected chi connectivity index (χ1v) is 5.57. The van der Waals surface area contributed by atoms with Gasteiger partial charge in [-0.25, -0.2) is 9.97 Å². The third kappa shape index (κ3) is 2.26. The molecule has 4 heteroatoms. The fourth-order valence-electron chi connectivity index (χ4n) is 1.93. The Kier molecular flexibility index (Phi) is 3.16. The van der Waals surface area contributed by atoms with Crippen LogP contribution in [0.4, 0.5) is 5.82 Å². The average molecular weight is 206 g/mol. The highest BCUT2D eigenvalue weighted by Crippen LogP contribution is 2.27. The van der Waals surface area contributed by atoms with Crippen LogP contribution in [-0.2, 0) is 0 Å². The van der Waals surface area contributed by atoms with Crippen LogP contribution in [0, 0.1) is 6.92 Å². The Morgan fingerprint density at radius 2 is 2.33 bits per heavy atom. The van der Waals surface area contributed by atoms with Crippen molar-refractivity contribution >= 4 is 5.82 Å². The molecule has 0 saturated heterocycles. The zero-order valence-electron chi connectivity index (χ0n) is 9.19. The van der Waals surface area contributed by atoms with E-state index in [-0.39, 0.29) is 0 Å². The van der Waals surface area contributed by atoms with Gasteiger partial charge in [0, 0.05) is 25.3 Å². The quantitative estimate of drug-likeness (QED) is 0.801. The van der Waals surface area contributed by atoms with E-state index in [0.29, 0.717) is 12.6 Å². The van der Waals surface area contributed by atoms with E-state index in [1.54, 1.807) is 0 Å². The van der Waals surface area contributed by atoms with Gasteiger partial charge in [0.25, 0.3) is 0 Å². The summed E-state index contributed by atoms with van der Waals surface area (Å²) >= 11 is 0. The number of rotatable bonds is 4. The summed E-state index contributed by atoms with van der Waals surface area (Å²) in [7, 11) is 0. The van der Waals surface area contributed by atoms with Gasteiger partial charge in [-0.1, -0.05) is 0 Å². The van der Waals surface area contributed by atoms with Crippen molar-refractivity contribution in [3.8, 4) is 0 Å². The van der Waals surface area contributed by atoms with Crippen LogP contribution in [0.5, 0.6) is 0 Å². The minimum atomic E-state index is 0.642. The number of aryl methyl sites for hydroxylation is 1. The molecule has 1 aliphatic carbocycles. The Labute approximate surface area is 90.5 Å². The molecule has 0 amide bonds. The Balaban J connectivity index is 2.15. The number of nitrogens with zero attached hydrogens (tertiary/aromatic N) is 3. The fraction of sp³-hybridized carbons (Fsp3) is 0.636. The van der Waals surface area contributed by atoms with Crippen molar-refractivity contribution in [3.05, 3.63) is 18.1 Å². The summed E-state index contributed by atoms with van der Waals surface area (Å²) in [6.07, 6.45) is 5.68. The topological polar surface area (TPSA) is 55.0 Å². The summed E-state index contributed by atoms with van der Waals surface area (Å²) < 4.78 is 0. The van der Waals surface area contributed by atoms with Crippen molar-refractivity contribution in [1.29, 1.82) is 0 Å². The van der Waals surface area contributed by atoms with Crippen LogP contribution in [0.1, 0.15) is 25.1 Å². The summed E-state index contributed by atoms with van der Waals surface area (Å²) in [5, 5.41) is 0. The number of nitrogens with two attached hydrogens (primary N) is 1. The molecular formula is C11H18N4. The second-order valence-corrected chi connectivity index (χ2v) is 4.03. The maximum atomic E-state index is 5.64. The molecule has 0 radical (unpaired) electrons. The molecule has 2 rings (SSSR count). The molecule has 0 spiro atoms. The van der Waals surface area contributed by atoms with E-state index in [9.17, 15) is 0 Å². The van der Waals surface area contributed by atoms with Gasteiger partial charge in [-0.05, 0) is 32.3 Å². The van der Waals surface area contributed by atoms with Gasteiger partial charge >= 0.3 is 0 Å². The molecule has 0 atom stereocenters. The SMILES string of the molecule is Cc1nccc(N(CCN)C2CCC2)n1. The fourth-order valence-corrected chi connectivity index (χ4v) is 1.93. The normalized spacial score (nSPS) is 16.1. The van der Waals surface area contributed by atoms with Crippen molar-refractivity contribution in [2.75, 3.05) is 18.0 Å². The molecule has 4 nitrogen and oxygen atoms in total. The van der Waals surface area contributed by atoms with Crippen LogP contribution in [0.3, 0.4) is 0 Å². The molecule has 1 aromatic heterocycles. The van der Waals surface area contributed by atoms with Crippen LogP contribution in [-0.4, -0.2) is 29.1 Å². The molecule has 0 aromatic carbocycles. The van der Waals surface area contributed by atoms with Crippen molar-refractivity contribution in [2.24, 2.45) is 5.73 Å². The lowest BCUT2D eigenvalue weighted by Crippen LogP contribution is -2.43. The molecular weight excluding hydrogens is 188 g/mol. The van der Waals surface area contributed by atoms with Gasteiger partial charge in [0.15, 0.2) is 0 Å². The first kappa shape index (κ1) is 10.4. The largest absolute Gasteiger partial charge is 0.352 e. The maximum absolute atomic E-state index is 5.64. The molecule has 1 heterocycles. The highest BCUT2D eigenvalue weighted by Gasteiger charge is 2.25. The molecule has 2 N–H and O–H groups in total. The van der Waals surface area contributed by atoms with E-state index >= 15 is 0 Å². The minimum absolute atomic E-state index is 0.642. The molecule has 15 heavy (non-hydrogen) atoms. The molecule has 0 aliphatic heterocycles. The Hall–Kier alpha value is -1.16. The third-order valence-corrected chi connectivity index (χ3v) is 2.94. The van der Waals surface area contributed by atoms with Gasteiger partial charge in [0.2, 0.25) is 0 Å². The highest BCUT2D eigenvalue weighted by atomic mass is 15.2. The molecule has 1 aromatic rings. The Bertz CT molecular complexity index is 322. The standard InChI is InChI=1S/C11H18N4/c1-9-13-7-5-11(14-9)15(8-6-12)10-3-2-4-10/h5,7,10H,2-4,6,8,12H2,1H3. The summed E-state index contributed by atoms with van der Waals surface area (Å²) in [5.41, 5.74) is 5.64. The molecule has 1 aliphatic rings. The number of anilines is 1. The van der Waals surface area contributed by atoms with Crippen LogP contribution in [0.25, 0.3) is 0 Å². The smallest absolute Gasteiger partial charge is 0.132 e. The van der Waals surface area contributed by atoms with Crippen molar-refractivity contribution in [1.82, 2.24) is 9.97 Å². The van der Waals surface area contributed by atoms with Crippen LogP contribution in [0.15, 0.2) is 12.3 Å². The molecule has 82 valence electrons. The molecule has 1 saturated carbocycles. The van der Waals surface area contributed by atoms with Gasteiger partial charge in [-0.15, -0.1) is 0 Å². The summed E-state index contributed by atoms with van der Waals surface area (Å²) in [5.74, 6) is 1.85. The van der Waals surface area contributed by atoms with E-state index < -0.39 is 0 Å². The average Bonchev–Trinajstić information content (AvgIpc) is 2.14. The molecule has 0 unspecified atom stereocenters. The lowest BCUT2D eigenvalue weighted by atomic mass is 9.91. The summed E-state index contributed by atoms with van der Waals surface area (Å²) in [4.78, 5) is 10.9. The lowest BCUT2D eigenvalue weighted by Gasteiger charge is -2.38. The number of hydrogen-bond acceptors (Lipinski definition) is 4. The maximum Gasteiger partial charge on any atom is 0.132 e. The van der Waals surface area contributed by atoms with Crippen LogP contribution >= 0.6 is 0 Å². The predicted octanol–water partition coefficient (Wildman–Crippen LogP) is 1.10. The van der Waals surface area contributed by atoms with Crippen LogP contribution < -0.4 is 10.6 Å². The second kappa shape index (κ2) is 4.57. The first-order valence-electron chi connectivity index (χ1n) is 5.57. The van der Waals surface area contributed by atoms with E-state index in [1.807, 2.05) is 19.2 Å². The highest BCUT2D eigenvalue weighted by molar-refractivity contribution is 5.39. The molecule has 1 fully saturated rings. The van der Waals surface area contributed by atoms with Gasteiger partial charge in [-0.3, -0.25) is 0 Å². The van der Waals surface area contributed by atoms with Gasteiger partial charge in [0.1, 0.15) is 11.6 Å². The zero-order valence-corrected chi connectivity index (χ0v) is 9.19. The third-order valence-electron chi connectivity index (χ3n) is 2.94. The van der Waals surface area contributed by atoms with E-state index in [4.69, 9.17) is 5.73 Å². The zero-order chi connectivity index (χ0) is 10.7. The van der Waals surface area contributed by atoms with E-state index in [2.05, 4.69) is 14.9 Å². The monoisotopic (exact) mass is 206 g/mol. The second-order valence-electron chi connectivity index (χ2n) is 4.03. The summed E-state index contributed by atoms with van der Waals surface area (Å²) in [6, 6.07) is 2.61. The summed E-state index contributed by atoms with van der Waals surface area (Å²) in [6.45, 7) is 3.49. The van der Waals surface area contributed by atoms with Gasteiger partial charge in [-0.2, -0.15) is 0 Å². The Morgan fingerprint density at radius 1 is 1.53 bits per heavy atom. The Morgan fingerprint density at radius 3 is 2.87 bits per heavy atom. The predicted molar refractivity (Wildman–Crippen MR) is 60.8 cm³/mol. The lowest BCUT2D eigenvalue weighted by molar-refractivity contribution is 0.385. The van der Waals surface area contributed by atoms with Gasteiger partial charge < -0.3 is 10.6 Å². The van der Waals surface area contributed by atoms with Crippen molar-refractivity contribution < 1.29 is 0 Å². The first-order chi connectivity index (χ1) is 7.31. The molecule has 0 bridgehead atoms. The van der Waals surface area contributed by atoms with Crippen molar-refractivity contribution in [3.63, 3.8) is 0 Å². The number of aromatic nitrogens is 2. The van der Waals surface area contributed by atoms with Crippen molar-refractivity contribution in [2.45, 2.75) is 32.2 Å². The van der Waals surface area contributed by atoms with Crippen LogP contribution in [0.2, 0.25) is 0 Å². The number of hydrogen-bond donors (Lipinski definition) is 1.